The van der Waals surface area contributed by atoms with Gasteiger partial charge in [0, 0.05) is 51.3 Å². The molecule has 3 amide bonds. The molecule has 0 radical (unpaired) electrons. The Kier molecular flexibility index (Phi) is 4.46. The number of benzene rings is 1. The molecule has 7 nitrogen and oxygen atoms in total. The van der Waals surface area contributed by atoms with Crippen LogP contribution in [-0.2, 0) is 22.7 Å². The number of fused-ring (bicyclic) bond motifs is 1. The van der Waals surface area contributed by atoms with Crippen LogP contribution in [0.5, 0.6) is 0 Å². The van der Waals surface area contributed by atoms with Crippen LogP contribution in [0.4, 0.5) is 4.39 Å². The number of carbonyl (C=O) groups excluding carboxylic acids is 3. The quantitative estimate of drug-likeness (QED) is 0.741. The Morgan fingerprint density at radius 2 is 1.92 bits per heavy atom. The number of piperazine rings is 1. The topological polar surface area (TPSA) is 81.8 Å². The van der Waals surface area contributed by atoms with Crippen LogP contribution in [0.3, 0.4) is 0 Å². The minimum atomic E-state index is -0.678. The first-order valence-electron chi connectivity index (χ1n) is 8.92. The fraction of sp³-hybridized carbons (Fsp3) is 0.500. The molecule has 0 aromatic heterocycles. The largest absolute Gasteiger partial charge is 0.322 e. The van der Waals surface area contributed by atoms with Crippen molar-refractivity contribution in [3.63, 3.8) is 0 Å². The maximum absolute atomic E-state index is 14.1. The highest BCUT2D eigenvalue weighted by molar-refractivity contribution is 6.05. The molecule has 8 heteroatoms. The molecule has 4 rings (SSSR count). The molecule has 2 N–H and O–H groups in total. The van der Waals surface area contributed by atoms with Gasteiger partial charge in [-0.25, -0.2) is 4.39 Å². The second-order valence-electron chi connectivity index (χ2n) is 7.02. The van der Waals surface area contributed by atoms with E-state index in [4.69, 9.17) is 0 Å². The summed E-state index contributed by atoms with van der Waals surface area (Å²) in [6, 6.07) is 2.06. The fourth-order valence-electron chi connectivity index (χ4n) is 3.95. The molecule has 3 aliphatic heterocycles. The van der Waals surface area contributed by atoms with Gasteiger partial charge in [0.2, 0.25) is 11.8 Å². The van der Waals surface area contributed by atoms with Crippen molar-refractivity contribution in [3.05, 3.63) is 34.6 Å². The molecule has 1 aromatic rings. The van der Waals surface area contributed by atoms with Crippen LogP contribution in [0.25, 0.3) is 0 Å². The Hall–Kier alpha value is -2.32. The van der Waals surface area contributed by atoms with E-state index in [1.807, 2.05) is 0 Å². The first-order chi connectivity index (χ1) is 12.5. The monoisotopic (exact) mass is 360 g/mol. The van der Waals surface area contributed by atoms with Gasteiger partial charge in [0.05, 0.1) is 0 Å². The Bertz CT molecular complexity index is 776. The third kappa shape index (κ3) is 3.10. The third-order valence-corrected chi connectivity index (χ3v) is 5.32. The smallest absolute Gasteiger partial charge is 0.255 e. The molecule has 3 heterocycles. The number of hydrogen-bond donors (Lipinski definition) is 2. The number of piperidine rings is 1. The van der Waals surface area contributed by atoms with Crippen molar-refractivity contribution < 1.29 is 18.8 Å². The van der Waals surface area contributed by atoms with Crippen LogP contribution in [0.2, 0.25) is 0 Å². The highest BCUT2D eigenvalue weighted by Gasteiger charge is 2.40. The zero-order valence-electron chi connectivity index (χ0n) is 14.4. The van der Waals surface area contributed by atoms with Gasteiger partial charge in [0.1, 0.15) is 11.9 Å². The van der Waals surface area contributed by atoms with Crippen molar-refractivity contribution in [1.29, 1.82) is 0 Å². The number of amides is 3. The standard InChI is InChI=1S/C18H21FN4O3/c19-12-7-11(9-22-5-3-20-4-6-22)14-10-23(18(26)13(14)8-12)15-1-2-16(24)21-17(15)25/h7-8,15,20H,1-6,9-10H2,(H,21,24,25). The van der Waals surface area contributed by atoms with E-state index in [0.29, 0.717) is 18.5 Å². The predicted molar refractivity (Wildman–Crippen MR) is 90.6 cm³/mol. The van der Waals surface area contributed by atoms with Crippen LogP contribution in [0.1, 0.15) is 34.3 Å². The van der Waals surface area contributed by atoms with Crippen molar-refractivity contribution in [2.24, 2.45) is 0 Å². The molecular formula is C18H21FN4O3. The fourth-order valence-corrected chi connectivity index (χ4v) is 3.95. The van der Waals surface area contributed by atoms with E-state index in [1.54, 1.807) is 0 Å². The number of rotatable bonds is 3. The third-order valence-electron chi connectivity index (χ3n) is 5.32. The highest BCUT2D eigenvalue weighted by Crippen LogP contribution is 2.31. The maximum Gasteiger partial charge on any atom is 0.255 e. The molecule has 1 atom stereocenters. The van der Waals surface area contributed by atoms with E-state index in [9.17, 15) is 18.8 Å². The molecule has 2 saturated heterocycles. The van der Waals surface area contributed by atoms with Crippen LogP contribution in [-0.4, -0.2) is 59.7 Å². The summed E-state index contributed by atoms with van der Waals surface area (Å²) in [5.41, 5.74) is 1.92. The zero-order valence-corrected chi connectivity index (χ0v) is 14.4. The van der Waals surface area contributed by atoms with Gasteiger partial charge < -0.3 is 10.2 Å². The molecule has 1 aromatic carbocycles. The summed E-state index contributed by atoms with van der Waals surface area (Å²) in [6.45, 7) is 4.38. The first-order valence-corrected chi connectivity index (χ1v) is 8.92. The average molecular weight is 360 g/mol. The normalized spacial score (nSPS) is 24.0. The van der Waals surface area contributed by atoms with E-state index in [2.05, 4.69) is 15.5 Å². The Morgan fingerprint density at radius 3 is 2.65 bits per heavy atom. The Balaban J connectivity index is 1.59. The average Bonchev–Trinajstić information content (AvgIpc) is 2.93. The van der Waals surface area contributed by atoms with Gasteiger partial charge in [-0.2, -0.15) is 0 Å². The van der Waals surface area contributed by atoms with Crippen molar-refractivity contribution in [2.75, 3.05) is 26.2 Å². The maximum atomic E-state index is 14.1. The van der Waals surface area contributed by atoms with E-state index < -0.39 is 17.8 Å². The van der Waals surface area contributed by atoms with Crippen molar-refractivity contribution in [3.8, 4) is 0 Å². The number of nitrogens with one attached hydrogen (secondary N) is 2. The molecule has 0 aliphatic carbocycles. The van der Waals surface area contributed by atoms with Crippen molar-refractivity contribution in [1.82, 2.24) is 20.4 Å². The van der Waals surface area contributed by atoms with Gasteiger partial charge in [-0.1, -0.05) is 0 Å². The zero-order chi connectivity index (χ0) is 18.3. The van der Waals surface area contributed by atoms with E-state index >= 15 is 0 Å². The molecule has 0 saturated carbocycles. The highest BCUT2D eigenvalue weighted by atomic mass is 19.1. The first kappa shape index (κ1) is 17.1. The lowest BCUT2D eigenvalue weighted by atomic mass is 10.0. The van der Waals surface area contributed by atoms with Gasteiger partial charge in [0.15, 0.2) is 0 Å². The lowest BCUT2D eigenvalue weighted by molar-refractivity contribution is -0.136. The van der Waals surface area contributed by atoms with E-state index in [-0.39, 0.29) is 24.8 Å². The predicted octanol–water partition coefficient (Wildman–Crippen LogP) is -0.00810. The number of nitrogens with zero attached hydrogens (tertiary/aromatic N) is 2. The summed E-state index contributed by atoms with van der Waals surface area (Å²) in [5.74, 6) is -1.55. The SMILES string of the molecule is O=C1CCC(N2Cc3c(CN4CCNCC4)cc(F)cc3C2=O)C(=O)N1. The summed E-state index contributed by atoms with van der Waals surface area (Å²) in [7, 11) is 0. The van der Waals surface area contributed by atoms with Crippen LogP contribution < -0.4 is 10.6 Å². The summed E-state index contributed by atoms with van der Waals surface area (Å²) in [4.78, 5) is 40.0. The summed E-state index contributed by atoms with van der Waals surface area (Å²) < 4.78 is 14.1. The second-order valence-corrected chi connectivity index (χ2v) is 7.02. The Labute approximate surface area is 150 Å². The van der Waals surface area contributed by atoms with Crippen LogP contribution in [0, 0.1) is 5.82 Å². The van der Waals surface area contributed by atoms with Gasteiger partial charge >= 0.3 is 0 Å². The minimum absolute atomic E-state index is 0.207. The van der Waals surface area contributed by atoms with Gasteiger partial charge in [0.25, 0.3) is 5.91 Å². The van der Waals surface area contributed by atoms with Crippen molar-refractivity contribution >= 4 is 17.7 Å². The molecule has 26 heavy (non-hydrogen) atoms. The second kappa shape index (κ2) is 6.77. The number of carbonyl (C=O) groups is 3. The molecule has 1 unspecified atom stereocenters. The van der Waals surface area contributed by atoms with Gasteiger partial charge in [-0.3, -0.25) is 24.6 Å². The van der Waals surface area contributed by atoms with E-state index in [1.165, 1.54) is 17.0 Å². The minimum Gasteiger partial charge on any atom is -0.322 e. The summed E-state index contributed by atoms with van der Waals surface area (Å²) in [5, 5.41) is 5.56. The van der Waals surface area contributed by atoms with E-state index in [0.717, 1.165) is 37.3 Å². The van der Waals surface area contributed by atoms with Crippen LogP contribution in [0.15, 0.2) is 12.1 Å². The summed E-state index contributed by atoms with van der Waals surface area (Å²) in [6.07, 6.45) is 0.512. The molecule has 3 aliphatic rings. The molecule has 138 valence electrons. The van der Waals surface area contributed by atoms with Gasteiger partial charge in [-0.15, -0.1) is 0 Å². The summed E-state index contributed by atoms with van der Waals surface area (Å²) >= 11 is 0. The molecule has 2 fully saturated rings. The molecular weight excluding hydrogens is 339 g/mol. The number of hydrogen-bond acceptors (Lipinski definition) is 5. The van der Waals surface area contributed by atoms with Crippen molar-refractivity contribution in [2.45, 2.75) is 32.0 Å². The number of halogens is 1. The van der Waals surface area contributed by atoms with Gasteiger partial charge in [-0.05, 0) is 29.7 Å². The van der Waals surface area contributed by atoms with Crippen LogP contribution >= 0.6 is 0 Å². The Morgan fingerprint density at radius 1 is 1.15 bits per heavy atom. The number of imide groups is 1. The molecule has 0 spiro atoms. The lowest BCUT2D eigenvalue weighted by Crippen LogP contribution is -2.52. The molecule has 0 bridgehead atoms. The lowest BCUT2D eigenvalue weighted by Gasteiger charge is -2.29.